The Bertz CT molecular complexity index is 734. The summed E-state index contributed by atoms with van der Waals surface area (Å²) in [5, 5.41) is 8.20. The fourth-order valence-electron chi connectivity index (χ4n) is 4.09. The number of unbranched alkanes of at least 4 members (excludes halogenated alkanes) is 2. The van der Waals surface area contributed by atoms with Crippen molar-refractivity contribution in [3.05, 3.63) is 18.6 Å². The summed E-state index contributed by atoms with van der Waals surface area (Å²) in [6.45, 7) is 6.65. The molecule has 2 unspecified atom stereocenters. The number of hydrogen-bond donors (Lipinski definition) is 2. The van der Waals surface area contributed by atoms with Gasteiger partial charge < -0.3 is 15.5 Å². The topological polar surface area (TPSA) is 66.0 Å². The summed E-state index contributed by atoms with van der Waals surface area (Å²) >= 11 is 0. The minimum absolute atomic E-state index is 0.451. The smallest absolute Gasteiger partial charge is 0.137 e. The summed E-state index contributed by atoms with van der Waals surface area (Å²) in [5.41, 5.74) is 0.891. The molecule has 3 heterocycles. The Morgan fingerprint density at radius 3 is 2.86 bits per heavy atom. The molecule has 2 aromatic heterocycles. The van der Waals surface area contributed by atoms with E-state index in [1.54, 1.807) is 6.33 Å². The van der Waals surface area contributed by atoms with Crippen LogP contribution in [-0.2, 0) is 0 Å². The van der Waals surface area contributed by atoms with Crippen molar-refractivity contribution in [2.75, 3.05) is 30.8 Å². The first kappa shape index (κ1) is 20.8. The minimum Gasteiger partial charge on any atom is -0.370 e. The molecule has 2 N–H and O–H groups in total. The number of aromatic nitrogens is 3. The van der Waals surface area contributed by atoms with Crippen LogP contribution in [0.25, 0.3) is 10.9 Å². The average Bonchev–Trinajstić information content (AvgIpc) is 3.12. The molecule has 0 bridgehead atoms. The summed E-state index contributed by atoms with van der Waals surface area (Å²) in [4.78, 5) is 15.9. The van der Waals surface area contributed by atoms with Crippen LogP contribution in [0.3, 0.4) is 0 Å². The third-order valence-electron chi connectivity index (χ3n) is 5.97. The highest BCUT2D eigenvalue weighted by Crippen LogP contribution is 2.24. The summed E-state index contributed by atoms with van der Waals surface area (Å²) in [6.07, 6.45) is 13.3. The lowest BCUT2D eigenvalue weighted by Crippen LogP contribution is -2.27. The zero-order chi connectivity index (χ0) is 19.8. The number of pyridine rings is 1. The van der Waals surface area contributed by atoms with Gasteiger partial charge >= 0.3 is 0 Å². The van der Waals surface area contributed by atoms with Gasteiger partial charge in [0.2, 0.25) is 0 Å². The number of anilines is 2. The van der Waals surface area contributed by atoms with Gasteiger partial charge in [0.05, 0.1) is 11.7 Å². The van der Waals surface area contributed by atoms with Gasteiger partial charge in [0.25, 0.3) is 0 Å². The summed E-state index contributed by atoms with van der Waals surface area (Å²) in [5.74, 6) is 1.83. The lowest BCUT2D eigenvalue weighted by Gasteiger charge is -2.20. The van der Waals surface area contributed by atoms with Gasteiger partial charge in [-0.3, -0.25) is 0 Å². The van der Waals surface area contributed by atoms with Gasteiger partial charge in [0.1, 0.15) is 18.0 Å². The molecule has 1 fully saturated rings. The Labute approximate surface area is 169 Å². The molecule has 0 aliphatic carbocycles. The highest BCUT2D eigenvalue weighted by Gasteiger charge is 2.20. The molecule has 3 rings (SSSR count). The fourth-order valence-corrected chi connectivity index (χ4v) is 4.09. The molecular formula is C22H36N6. The zero-order valence-electron chi connectivity index (χ0n) is 17.7. The van der Waals surface area contributed by atoms with E-state index in [9.17, 15) is 0 Å². The predicted molar refractivity (Wildman–Crippen MR) is 118 cm³/mol. The average molecular weight is 385 g/mol. The maximum atomic E-state index is 4.55. The van der Waals surface area contributed by atoms with Crippen LogP contribution >= 0.6 is 0 Å². The van der Waals surface area contributed by atoms with Gasteiger partial charge in [0, 0.05) is 24.0 Å². The molecule has 6 heteroatoms. The molecule has 0 spiro atoms. The molecule has 0 radical (unpaired) electrons. The van der Waals surface area contributed by atoms with Crippen LogP contribution in [0, 0.1) is 0 Å². The Morgan fingerprint density at radius 1 is 1.21 bits per heavy atom. The van der Waals surface area contributed by atoms with Crippen molar-refractivity contribution in [1.82, 2.24) is 19.9 Å². The second kappa shape index (κ2) is 10.6. The molecule has 154 valence electrons. The van der Waals surface area contributed by atoms with Crippen molar-refractivity contribution in [3.8, 4) is 0 Å². The number of hydrogen-bond acceptors (Lipinski definition) is 6. The van der Waals surface area contributed by atoms with E-state index in [4.69, 9.17) is 0 Å². The predicted octanol–water partition coefficient (Wildman–Crippen LogP) is 4.69. The van der Waals surface area contributed by atoms with Gasteiger partial charge in [-0.1, -0.05) is 33.1 Å². The van der Waals surface area contributed by atoms with Crippen LogP contribution in [0.1, 0.15) is 65.2 Å². The van der Waals surface area contributed by atoms with E-state index in [1.165, 1.54) is 45.1 Å². The first-order valence-electron chi connectivity index (χ1n) is 11.0. The lowest BCUT2D eigenvalue weighted by atomic mass is 10.1. The number of nitrogens with one attached hydrogen (secondary N) is 2. The first-order valence-corrected chi connectivity index (χ1v) is 11.0. The van der Waals surface area contributed by atoms with E-state index in [-0.39, 0.29) is 0 Å². The monoisotopic (exact) mass is 384 g/mol. The molecule has 0 saturated carbocycles. The highest BCUT2D eigenvalue weighted by molar-refractivity contribution is 5.90. The van der Waals surface area contributed by atoms with Crippen LogP contribution in [0.2, 0.25) is 0 Å². The van der Waals surface area contributed by atoms with Crippen molar-refractivity contribution in [3.63, 3.8) is 0 Å². The Hall–Kier alpha value is -1.95. The summed E-state index contributed by atoms with van der Waals surface area (Å²) in [6, 6.07) is 3.24. The molecule has 0 amide bonds. The van der Waals surface area contributed by atoms with E-state index in [1.807, 2.05) is 6.20 Å². The maximum Gasteiger partial charge on any atom is 0.137 e. The number of rotatable bonds is 11. The van der Waals surface area contributed by atoms with Crippen molar-refractivity contribution < 1.29 is 0 Å². The quantitative estimate of drug-likeness (QED) is 0.548. The third-order valence-corrected chi connectivity index (χ3v) is 5.97. The van der Waals surface area contributed by atoms with Crippen LogP contribution in [0.4, 0.5) is 11.6 Å². The summed E-state index contributed by atoms with van der Waals surface area (Å²) in [7, 11) is 2.23. The number of nitrogens with zero attached hydrogens (tertiary/aromatic N) is 4. The highest BCUT2D eigenvalue weighted by atomic mass is 15.1. The Kier molecular flexibility index (Phi) is 7.83. The third kappa shape index (κ3) is 5.53. The van der Waals surface area contributed by atoms with E-state index in [2.05, 4.69) is 57.4 Å². The van der Waals surface area contributed by atoms with Crippen molar-refractivity contribution >= 4 is 22.5 Å². The molecule has 1 aliphatic heterocycles. The van der Waals surface area contributed by atoms with E-state index in [0.29, 0.717) is 12.1 Å². The lowest BCUT2D eigenvalue weighted by molar-refractivity contribution is 0.301. The van der Waals surface area contributed by atoms with Crippen LogP contribution in [0.5, 0.6) is 0 Å². The van der Waals surface area contributed by atoms with Gasteiger partial charge in [-0.25, -0.2) is 15.0 Å². The first-order chi connectivity index (χ1) is 13.7. The number of likely N-dealkylation sites (tertiary alicyclic amines) is 1. The standard InChI is InChI=1S/C22H36N6/c1-4-6-7-9-17(5-2)27-22-19-14-21(24-15-20(19)25-16-26-22)23-12-11-18-10-8-13-28(18)3/h14-18H,4-13H2,1-3H3,(H,23,24)(H,25,26,27). The molecule has 6 nitrogen and oxygen atoms in total. The SMILES string of the molecule is CCCCCC(CC)Nc1ncnc2cnc(NCCC3CCCN3C)cc12. The molecule has 0 aromatic carbocycles. The molecular weight excluding hydrogens is 348 g/mol. The van der Waals surface area contributed by atoms with Gasteiger partial charge in [0.15, 0.2) is 0 Å². The summed E-state index contributed by atoms with van der Waals surface area (Å²) < 4.78 is 0. The van der Waals surface area contributed by atoms with Crippen LogP contribution in [-0.4, -0.2) is 52.1 Å². The van der Waals surface area contributed by atoms with Crippen LogP contribution < -0.4 is 10.6 Å². The van der Waals surface area contributed by atoms with Crippen molar-refractivity contribution in [1.29, 1.82) is 0 Å². The van der Waals surface area contributed by atoms with Gasteiger partial charge in [-0.15, -0.1) is 0 Å². The van der Waals surface area contributed by atoms with E-state index < -0.39 is 0 Å². The van der Waals surface area contributed by atoms with Crippen LogP contribution in [0.15, 0.2) is 18.6 Å². The molecule has 1 aliphatic rings. The molecule has 2 aromatic rings. The fraction of sp³-hybridized carbons (Fsp3) is 0.682. The van der Waals surface area contributed by atoms with E-state index in [0.717, 1.165) is 41.9 Å². The maximum absolute atomic E-state index is 4.55. The molecule has 28 heavy (non-hydrogen) atoms. The largest absolute Gasteiger partial charge is 0.370 e. The second-order valence-corrected chi connectivity index (χ2v) is 8.05. The molecule has 2 atom stereocenters. The zero-order valence-corrected chi connectivity index (χ0v) is 17.7. The Balaban J connectivity index is 1.65. The van der Waals surface area contributed by atoms with Gasteiger partial charge in [-0.2, -0.15) is 0 Å². The van der Waals surface area contributed by atoms with Gasteiger partial charge in [-0.05, 0) is 51.8 Å². The Morgan fingerprint density at radius 2 is 2.11 bits per heavy atom. The minimum atomic E-state index is 0.451. The van der Waals surface area contributed by atoms with Crippen molar-refractivity contribution in [2.24, 2.45) is 0 Å². The molecule has 1 saturated heterocycles. The number of fused-ring (bicyclic) bond motifs is 1. The normalized spacial score (nSPS) is 18.5. The van der Waals surface area contributed by atoms with E-state index >= 15 is 0 Å². The second-order valence-electron chi connectivity index (χ2n) is 8.05. The van der Waals surface area contributed by atoms with Crippen molar-refractivity contribution in [2.45, 2.75) is 77.3 Å².